The molecule has 6 heteroatoms. The summed E-state index contributed by atoms with van der Waals surface area (Å²) in [6, 6.07) is 5.54. The van der Waals surface area contributed by atoms with Crippen molar-refractivity contribution >= 4 is 0 Å². The number of nitrogens with zero attached hydrogens (tertiary/aromatic N) is 3. The van der Waals surface area contributed by atoms with Crippen molar-refractivity contribution in [3.8, 4) is 11.5 Å². The van der Waals surface area contributed by atoms with E-state index >= 15 is 0 Å². The van der Waals surface area contributed by atoms with Crippen LogP contribution in [0.4, 0.5) is 0 Å². The van der Waals surface area contributed by atoms with Gasteiger partial charge in [-0.2, -0.15) is 5.10 Å². The third-order valence-electron chi connectivity index (χ3n) is 3.20. The van der Waals surface area contributed by atoms with Crippen molar-refractivity contribution < 1.29 is 9.47 Å². The molecule has 0 aliphatic carbocycles. The van der Waals surface area contributed by atoms with Crippen molar-refractivity contribution in [3.63, 3.8) is 0 Å². The van der Waals surface area contributed by atoms with Crippen LogP contribution in [-0.2, 0) is 13.2 Å². The van der Waals surface area contributed by atoms with Crippen LogP contribution in [0.3, 0.4) is 0 Å². The molecule has 2 aromatic rings. The minimum atomic E-state index is -0.112. The Balaban J connectivity index is 2.16. The van der Waals surface area contributed by atoms with Crippen LogP contribution in [-0.4, -0.2) is 21.9 Å². The van der Waals surface area contributed by atoms with Gasteiger partial charge in [0.15, 0.2) is 5.82 Å². The van der Waals surface area contributed by atoms with Crippen LogP contribution in [0, 0.1) is 0 Å². The fourth-order valence-corrected chi connectivity index (χ4v) is 2.08. The van der Waals surface area contributed by atoms with E-state index in [9.17, 15) is 0 Å². The van der Waals surface area contributed by atoms with Crippen LogP contribution in [0.25, 0.3) is 0 Å². The van der Waals surface area contributed by atoms with E-state index in [2.05, 4.69) is 17.0 Å². The van der Waals surface area contributed by atoms with Crippen LogP contribution in [0.5, 0.6) is 11.5 Å². The van der Waals surface area contributed by atoms with Crippen LogP contribution in [0.2, 0.25) is 0 Å². The molecule has 1 heterocycles. The van der Waals surface area contributed by atoms with Crippen LogP contribution in [0.1, 0.15) is 37.7 Å². The van der Waals surface area contributed by atoms with E-state index in [4.69, 9.17) is 15.2 Å². The molecule has 0 aliphatic heterocycles. The highest BCUT2D eigenvalue weighted by atomic mass is 16.5. The van der Waals surface area contributed by atoms with Gasteiger partial charge in [0, 0.05) is 24.2 Å². The molecular weight excluding hydrogens is 268 g/mol. The highest BCUT2D eigenvalue weighted by molar-refractivity contribution is 5.42. The lowest BCUT2D eigenvalue weighted by Crippen LogP contribution is -2.11. The predicted molar refractivity (Wildman–Crippen MR) is 80.2 cm³/mol. The van der Waals surface area contributed by atoms with Crippen molar-refractivity contribution in [2.24, 2.45) is 5.73 Å². The zero-order valence-electron chi connectivity index (χ0n) is 12.7. The smallest absolute Gasteiger partial charge is 0.164 e. The molecule has 114 valence electrons. The summed E-state index contributed by atoms with van der Waals surface area (Å²) in [5.41, 5.74) is 6.92. The second-order valence-electron chi connectivity index (χ2n) is 4.88. The molecular formula is C15H22N4O2. The minimum Gasteiger partial charge on any atom is -0.497 e. The quantitative estimate of drug-likeness (QED) is 0.846. The first kappa shape index (κ1) is 15.3. The van der Waals surface area contributed by atoms with Gasteiger partial charge < -0.3 is 15.2 Å². The molecule has 21 heavy (non-hydrogen) atoms. The fourth-order valence-electron chi connectivity index (χ4n) is 2.08. The van der Waals surface area contributed by atoms with E-state index in [1.54, 1.807) is 13.4 Å². The van der Waals surface area contributed by atoms with Gasteiger partial charge in [0.25, 0.3) is 0 Å². The molecule has 0 unspecified atom stereocenters. The number of nitrogens with two attached hydrogens (primary N) is 1. The maximum Gasteiger partial charge on any atom is 0.164 e. The fraction of sp³-hybridized carbons (Fsp3) is 0.467. The number of methoxy groups -OCH3 is 1. The summed E-state index contributed by atoms with van der Waals surface area (Å²) in [5.74, 6) is 2.26. The van der Waals surface area contributed by atoms with Crippen molar-refractivity contribution in [2.45, 2.75) is 39.5 Å². The van der Waals surface area contributed by atoms with Gasteiger partial charge in [-0.1, -0.05) is 13.0 Å². The number of rotatable bonds is 7. The van der Waals surface area contributed by atoms with E-state index in [1.807, 2.05) is 29.8 Å². The Bertz CT molecular complexity index is 581. The van der Waals surface area contributed by atoms with Crippen LogP contribution in [0.15, 0.2) is 24.5 Å². The van der Waals surface area contributed by atoms with Gasteiger partial charge >= 0.3 is 0 Å². The average molecular weight is 290 g/mol. The summed E-state index contributed by atoms with van der Waals surface area (Å²) < 4.78 is 13.0. The normalized spacial score (nSPS) is 12.2. The van der Waals surface area contributed by atoms with Gasteiger partial charge in [-0.3, -0.25) is 0 Å². The van der Waals surface area contributed by atoms with Crippen molar-refractivity contribution in [1.29, 1.82) is 0 Å². The lowest BCUT2D eigenvalue weighted by atomic mass is 10.1. The molecule has 1 atom stereocenters. The number of hydrogen-bond acceptors (Lipinski definition) is 5. The Morgan fingerprint density at radius 2 is 2.19 bits per heavy atom. The van der Waals surface area contributed by atoms with E-state index in [-0.39, 0.29) is 6.04 Å². The molecule has 0 amide bonds. The van der Waals surface area contributed by atoms with Crippen molar-refractivity contribution in [2.75, 3.05) is 7.11 Å². The summed E-state index contributed by atoms with van der Waals surface area (Å²) in [6.07, 6.45) is 2.55. The van der Waals surface area contributed by atoms with Crippen molar-refractivity contribution in [3.05, 3.63) is 35.9 Å². The van der Waals surface area contributed by atoms with Gasteiger partial charge in [0.2, 0.25) is 0 Å². The van der Waals surface area contributed by atoms with Crippen molar-refractivity contribution in [1.82, 2.24) is 14.8 Å². The number of aryl methyl sites for hydroxylation is 1. The second-order valence-corrected chi connectivity index (χ2v) is 4.88. The third kappa shape index (κ3) is 3.72. The molecule has 1 aromatic carbocycles. The number of ether oxygens (including phenoxy) is 2. The average Bonchev–Trinajstić information content (AvgIpc) is 2.92. The predicted octanol–water partition coefficient (Wildman–Crippen LogP) is 2.30. The second kappa shape index (κ2) is 7.08. The summed E-state index contributed by atoms with van der Waals surface area (Å²) >= 11 is 0. The SMILES string of the molecule is CCCn1ncnc1COc1cc(OC)ccc1[C@@H](C)N. The summed E-state index contributed by atoms with van der Waals surface area (Å²) in [4.78, 5) is 4.23. The highest BCUT2D eigenvalue weighted by Crippen LogP contribution is 2.29. The minimum absolute atomic E-state index is 0.112. The van der Waals surface area contributed by atoms with Crippen LogP contribution >= 0.6 is 0 Å². The topological polar surface area (TPSA) is 75.2 Å². The lowest BCUT2D eigenvalue weighted by Gasteiger charge is -2.15. The Morgan fingerprint density at radius 1 is 1.38 bits per heavy atom. The molecule has 0 spiro atoms. The third-order valence-corrected chi connectivity index (χ3v) is 3.20. The van der Waals surface area contributed by atoms with Gasteiger partial charge in [-0.15, -0.1) is 0 Å². The maximum absolute atomic E-state index is 5.98. The first-order valence-corrected chi connectivity index (χ1v) is 7.08. The molecule has 0 bridgehead atoms. The molecule has 2 N–H and O–H groups in total. The first-order valence-electron chi connectivity index (χ1n) is 7.08. The largest absolute Gasteiger partial charge is 0.497 e. The Labute approximate surface area is 124 Å². The van der Waals surface area contributed by atoms with E-state index in [1.165, 1.54) is 0 Å². The standard InChI is InChI=1S/C15H22N4O2/c1-4-7-19-15(17-10-18-19)9-21-14-8-12(20-3)5-6-13(14)11(2)16/h5-6,8,10-11H,4,7,9,16H2,1-3H3/t11-/m1/s1. The van der Waals surface area contributed by atoms with Crippen LogP contribution < -0.4 is 15.2 Å². The Hall–Kier alpha value is -2.08. The number of benzene rings is 1. The monoisotopic (exact) mass is 290 g/mol. The maximum atomic E-state index is 5.98. The first-order chi connectivity index (χ1) is 10.2. The summed E-state index contributed by atoms with van der Waals surface area (Å²) in [5, 5.41) is 4.19. The number of hydrogen-bond donors (Lipinski definition) is 1. The zero-order chi connectivity index (χ0) is 15.2. The molecule has 2 rings (SSSR count). The summed E-state index contributed by atoms with van der Waals surface area (Å²) in [6.45, 7) is 5.21. The molecule has 1 aromatic heterocycles. The molecule has 0 fully saturated rings. The Kier molecular flexibility index (Phi) is 5.16. The zero-order valence-corrected chi connectivity index (χ0v) is 12.7. The van der Waals surface area contributed by atoms with Gasteiger partial charge in [0.1, 0.15) is 24.4 Å². The Morgan fingerprint density at radius 3 is 2.86 bits per heavy atom. The summed E-state index contributed by atoms with van der Waals surface area (Å²) in [7, 11) is 1.63. The molecule has 0 saturated carbocycles. The van der Waals surface area contributed by atoms with E-state index in [0.717, 1.165) is 35.9 Å². The highest BCUT2D eigenvalue weighted by Gasteiger charge is 2.11. The van der Waals surface area contributed by atoms with E-state index < -0.39 is 0 Å². The number of aromatic nitrogens is 3. The molecule has 6 nitrogen and oxygen atoms in total. The molecule has 0 radical (unpaired) electrons. The van der Waals surface area contributed by atoms with Gasteiger partial charge in [-0.25, -0.2) is 9.67 Å². The van der Waals surface area contributed by atoms with E-state index in [0.29, 0.717) is 6.61 Å². The molecule has 0 saturated heterocycles. The lowest BCUT2D eigenvalue weighted by molar-refractivity contribution is 0.280. The van der Waals surface area contributed by atoms with Gasteiger partial charge in [0.05, 0.1) is 7.11 Å². The van der Waals surface area contributed by atoms with Gasteiger partial charge in [-0.05, 0) is 19.4 Å². The molecule has 0 aliphatic rings.